The summed E-state index contributed by atoms with van der Waals surface area (Å²) < 4.78 is 13.3. The van der Waals surface area contributed by atoms with Gasteiger partial charge in [-0.3, -0.25) is 9.59 Å². The van der Waals surface area contributed by atoms with Crippen molar-refractivity contribution >= 4 is 17.9 Å². The number of fused-ring (bicyclic) bond motifs is 1. The number of carbonyl (C=O) groups excluding carboxylic acids is 2. The largest absolute Gasteiger partial charge is 0.481 e. The molecule has 27 heavy (non-hydrogen) atoms. The molecule has 3 rings (SSSR count). The van der Waals surface area contributed by atoms with Crippen LogP contribution in [-0.4, -0.2) is 78.0 Å². The van der Waals surface area contributed by atoms with Gasteiger partial charge in [0, 0.05) is 52.6 Å². The first-order chi connectivity index (χ1) is 12.7. The summed E-state index contributed by atoms with van der Waals surface area (Å²) in [5.74, 6) is -1.73. The third-order valence-corrected chi connectivity index (χ3v) is 5.56. The fourth-order valence-electron chi connectivity index (χ4n) is 4.09. The first kappa shape index (κ1) is 19.1. The topological polar surface area (TPSA) is 81.2 Å². The number of aliphatic carboxylic acids is 1. The Morgan fingerprint density at radius 3 is 2.48 bits per heavy atom. The Balaban J connectivity index is 1.65. The van der Waals surface area contributed by atoms with Gasteiger partial charge in [-0.25, -0.2) is 9.18 Å². The molecule has 2 atom stereocenters. The normalized spacial score (nSPS) is 24.0. The van der Waals surface area contributed by atoms with Gasteiger partial charge in [-0.1, -0.05) is 12.1 Å². The number of halogens is 1. The Morgan fingerprint density at radius 2 is 1.89 bits per heavy atom. The zero-order valence-electron chi connectivity index (χ0n) is 15.5. The summed E-state index contributed by atoms with van der Waals surface area (Å²) in [4.78, 5) is 41.3. The van der Waals surface area contributed by atoms with Crippen molar-refractivity contribution in [1.29, 1.82) is 0 Å². The molecule has 2 saturated heterocycles. The van der Waals surface area contributed by atoms with Crippen LogP contribution in [0, 0.1) is 17.2 Å². The van der Waals surface area contributed by atoms with Crippen LogP contribution in [0.1, 0.15) is 12.0 Å². The fraction of sp³-hybridized carbons (Fsp3) is 0.526. The second-order valence-electron chi connectivity index (χ2n) is 7.62. The molecule has 2 aliphatic heterocycles. The van der Waals surface area contributed by atoms with Gasteiger partial charge in [0.25, 0.3) is 0 Å². The zero-order chi connectivity index (χ0) is 19.8. The number of carboxylic acid groups (broad SMARTS) is 1. The molecule has 0 spiro atoms. The van der Waals surface area contributed by atoms with Crippen LogP contribution in [0.15, 0.2) is 24.3 Å². The summed E-state index contributed by atoms with van der Waals surface area (Å²) in [7, 11) is 3.26. The minimum absolute atomic E-state index is 0.103. The maximum Gasteiger partial charge on any atom is 0.319 e. The van der Waals surface area contributed by atoms with Crippen molar-refractivity contribution < 1.29 is 23.9 Å². The van der Waals surface area contributed by atoms with Crippen LogP contribution in [0.25, 0.3) is 0 Å². The molecule has 2 fully saturated rings. The highest BCUT2D eigenvalue weighted by Crippen LogP contribution is 2.43. The average molecular weight is 377 g/mol. The van der Waals surface area contributed by atoms with E-state index in [0.717, 1.165) is 5.56 Å². The van der Waals surface area contributed by atoms with E-state index < -0.39 is 11.4 Å². The highest BCUT2D eigenvalue weighted by Gasteiger charge is 2.59. The van der Waals surface area contributed by atoms with E-state index in [9.17, 15) is 23.9 Å². The number of benzene rings is 1. The molecule has 8 heteroatoms. The van der Waals surface area contributed by atoms with Crippen LogP contribution in [0.4, 0.5) is 9.18 Å². The van der Waals surface area contributed by atoms with Gasteiger partial charge < -0.3 is 19.8 Å². The predicted molar refractivity (Wildman–Crippen MR) is 95.5 cm³/mol. The summed E-state index contributed by atoms with van der Waals surface area (Å²) in [5.41, 5.74) is -0.376. The van der Waals surface area contributed by atoms with Crippen LogP contribution in [-0.2, 0) is 16.0 Å². The Kier molecular flexibility index (Phi) is 5.08. The van der Waals surface area contributed by atoms with Gasteiger partial charge in [0.2, 0.25) is 5.91 Å². The molecule has 0 bridgehead atoms. The van der Waals surface area contributed by atoms with Crippen molar-refractivity contribution in [3.8, 4) is 0 Å². The number of nitrogens with zero attached hydrogens (tertiary/aromatic N) is 3. The lowest BCUT2D eigenvalue weighted by atomic mass is 9.81. The summed E-state index contributed by atoms with van der Waals surface area (Å²) in [6.45, 7) is 0.867. The lowest BCUT2D eigenvalue weighted by Gasteiger charge is -2.27. The van der Waals surface area contributed by atoms with E-state index in [4.69, 9.17) is 0 Å². The third-order valence-electron chi connectivity index (χ3n) is 5.56. The van der Waals surface area contributed by atoms with Crippen molar-refractivity contribution in [2.75, 3.05) is 40.3 Å². The number of likely N-dealkylation sites (tertiary alicyclic amines) is 2. The van der Waals surface area contributed by atoms with E-state index in [1.807, 2.05) is 0 Å². The van der Waals surface area contributed by atoms with E-state index in [0.29, 0.717) is 19.5 Å². The van der Waals surface area contributed by atoms with Crippen LogP contribution < -0.4 is 0 Å². The number of hydrogen-bond donors (Lipinski definition) is 1. The molecule has 2 heterocycles. The fourth-order valence-corrected chi connectivity index (χ4v) is 4.09. The summed E-state index contributed by atoms with van der Waals surface area (Å²) >= 11 is 0. The van der Waals surface area contributed by atoms with Crippen LogP contribution in [0.5, 0.6) is 0 Å². The number of amides is 3. The summed E-state index contributed by atoms with van der Waals surface area (Å²) in [5, 5.41) is 9.82. The van der Waals surface area contributed by atoms with Crippen LogP contribution in [0.2, 0.25) is 0 Å². The van der Waals surface area contributed by atoms with Crippen molar-refractivity contribution in [3.63, 3.8) is 0 Å². The quantitative estimate of drug-likeness (QED) is 0.857. The zero-order valence-corrected chi connectivity index (χ0v) is 15.5. The maximum absolute atomic E-state index is 13.3. The van der Waals surface area contributed by atoms with E-state index in [-0.39, 0.29) is 43.2 Å². The molecule has 0 saturated carbocycles. The Hall–Kier alpha value is -2.64. The molecule has 146 valence electrons. The SMILES string of the molecule is CN(C)C(=O)N1C[C@@H]2CN(C(=O)CCc3cccc(F)c3)C[C@]2(C(=O)O)C1. The molecule has 7 nitrogen and oxygen atoms in total. The molecule has 1 aromatic carbocycles. The molecular formula is C19H24FN3O4. The number of hydrogen-bond acceptors (Lipinski definition) is 3. The molecule has 2 aliphatic rings. The van der Waals surface area contributed by atoms with E-state index >= 15 is 0 Å². The van der Waals surface area contributed by atoms with Crippen molar-refractivity contribution in [2.24, 2.45) is 11.3 Å². The monoisotopic (exact) mass is 377 g/mol. The minimum atomic E-state index is -1.11. The van der Waals surface area contributed by atoms with Gasteiger partial charge in [0.1, 0.15) is 11.2 Å². The van der Waals surface area contributed by atoms with Gasteiger partial charge in [-0.05, 0) is 24.1 Å². The lowest BCUT2D eigenvalue weighted by Crippen LogP contribution is -2.45. The van der Waals surface area contributed by atoms with Gasteiger partial charge in [-0.15, -0.1) is 0 Å². The second kappa shape index (κ2) is 7.17. The Bertz CT molecular complexity index is 769. The van der Waals surface area contributed by atoms with Gasteiger partial charge in [0.05, 0.1) is 0 Å². The van der Waals surface area contributed by atoms with Crippen LogP contribution in [0.3, 0.4) is 0 Å². The summed E-state index contributed by atoms with van der Waals surface area (Å²) in [6, 6.07) is 5.90. The van der Waals surface area contributed by atoms with E-state index in [1.54, 1.807) is 36.0 Å². The second-order valence-corrected chi connectivity index (χ2v) is 7.62. The lowest BCUT2D eigenvalue weighted by molar-refractivity contribution is -0.149. The Morgan fingerprint density at radius 1 is 1.22 bits per heavy atom. The molecule has 0 radical (unpaired) electrons. The first-order valence-corrected chi connectivity index (χ1v) is 8.95. The predicted octanol–water partition coefficient (Wildman–Crippen LogP) is 1.28. The Labute approximate surface area is 157 Å². The molecule has 0 aromatic heterocycles. The summed E-state index contributed by atoms with van der Waals surface area (Å²) in [6.07, 6.45) is 0.606. The number of carbonyl (C=O) groups is 3. The molecular weight excluding hydrogens is 353 g/mol. The van der Waals surface area contributed by atoms with E-state index in [1.165, 1.54) is 17.0 Å². The number of rotatable bonds is 4. The van der Waals surface area contributed by atoms with Crippen molar-refractivity contribution in [3.05, 3.63) is 35.6 Å². The number of urea groups is 1. The molecule has 1 N–H and O–H groups in total. The van der Waals surface area contributed by atoms with Gasteiger partial charge in [0.15, 0.2) is 0 Å². The smallest absolute Gasteiger partial charge is 0.319 e. The minimum Gasteiger partial charge on any atom is -0.481 e. The molecule has 0 aliphatic carbocycles. The van der Waals surface area contributed by atoms with Gasteiger partial charge >= 0.3 is 12.0 Å². The van der Waals surface area contributed by atoms with E-state index in [2.05, 4.69) is 0 Å². The average Bonchev–Trinajstić information content (AvgIpc) is 3.14. The van der Waals surface area contributed by atoms with Crippen molar-refractivity contribution in [1.82, 2.24) is 14.7 Å². The van der Waals surface area contributed by atoms with Crippen LogP contribution >= 0.6 is 0 Å². The van der Waals surface area contributed by atoms with Crippen molar-refractivity contribution in [2.45, 2.75) is 12.8 Å². The standard InChI is InChI=1S/C19H24FN3O4/c1-21(2)18(27)23-10-14-9-22(11-19(14,12-23)17(25)26)16(24)7-6-13-4-3-5-15(20)8-13/h3-5,8,14H,6-7,9-12H2,1-2H3,(H,25,26)/t14-,19-/m0/s1. The highest BCUT2D eigenvalue weighted by molar-refractivity contribution is 5.83. The molecule has 1 aromatic rings. The van der Waals surface area contributed by atoms with Gasteiger partial charge in [-0.2, -0.15) is 0 Å². The number of aryl methyl sites for hydroxylation is 1. The first-order valence-electron chi connectivity index (χ1n) is 8.95. The third kappa shape index (κ3) is 3.61. The highest BCUT2D eigenvalue weighted by atomic mass is 19.1. The molecule has 3 amide bonds. The maximum atomic E-state index is 13.3. The molecule has 0 unspecified atom stereocenters. The number of carboxylic acids is 1.